The number of nitrogens with one attached hydrogen (secondary N) is 2. The van der Waals surface area contributed by atoms with E-state index in [-0.39, 0.29) is 31.4 Å². The first-order valence-corrected chi connectivity index (χ1v) is 10.2. The number of fused-ring (bicyclic) bond motifs is 1. The molecule has 4 rings (SSSR count). The molecule has 3 aromatic carbocycles. The van der Waals surface area contributed by atoms with E-state index in [0.717, 1.165) is 16.7 Å². The van der Waals surface area contributed by atoms with E-state index in [0.29, 0.717) is 22.9 Å². The molecule has 7 nitrogen and oxygen atoms in total. The van der Waals surface area contributed by atoms with E-state index in [1.807, 2.05) is 54.6 Å². The molecule has 3 aromatic rings. The molecule has 0 fully saturated rings. The topological polar surface area (TPSA) is 89.0 Å². The summed E-state index contributed by atoms with van der Waals surface area (Å²) >= 11 is 0. The summed E-state index contributed by atoms with van der Waals surface area (Å²) < 4.78 is 10.6. The smallest absolute Gasteiger partial charge is 0.244 e. The van der Waals surface area contributed by atoms with Gasteiger partial charge in [0.2, 0.25) is 18.6 Å². The number of benzene rings is 3. The van der Waals surface area contributed by atoms with Crippen molar-refractivity contribution in [2.24, 2.45) is 5.10 Å². The fraction of sp³-hybridized carbons (Fsp3) is 0.160. The van der Waals surface area contributed by atoms with Crippen LogP contribution in [0, 0.1) is 0 Å². The third-order valence-electron chi connectivity index (χ3n) is 4.87. The predicted molar refractivity (Wildman–Crippen MR) is 123 cm³/mol. The highest BCUT2D eigenvalue weighted by Crippen LogP contribution is 2.34. The molecule has 0 radical (unpaired) electrons. The lowest BCUT2D eigenvalue weighted by molar-refractivity contribution is -0.120. The van der Waals surface area contributed by atoms with Gasteiger partial charge in [0.05, 0.1) is 12.8 Å². The first-order chi connectivity index (χ1) is 15.6. The van der Waals surface area contributed by atoms with E-state index in [1.54, 1.807) is 25.1 Å². The van der Waals surface area contributed by atoms with Crippen LogP contribution >= 0.6 is 0 Å². The summed E-state index contributed by atoms with van der Waals surface area (Å²) in [5, 5.41) is 6.82. The van der Waals surface area contributed by atoms with Gasteiger partial charge in [-0.05, 0) is 35.7 Å². The van der Waals surface area contributed by atoms with Gasteiger partial charge in [-0.3, -0.25) is 9.59 Å². The average molecular weight is 429 g/mol. The maximum absolute atomic E-state index is 12.2. The highest BCUT2D eigenvalue weighted by Gasteiger charge is 2.14. The van der Waals surface area contributed by atoms with E-state index in [2.05, 4.69) is 15.8 Å². The molecule has 1 heterocycles. The number of carbonyl (C=O) groups is 2. The summed E-state index contributed by atoms with van der Waals surface area (Å²) in [6, 6.07) is 23.1. The van der Waals surface area contributed by atoms with Crippen LogP contribution in [0.25, 0.3) is 11.1 Å². The Kier molecular flexibility index (Phi) is 6.46. The Balaban J connectivity index is 1.25. The molecule has 0 aromatic heterocycles. The first kappa shape index (κ1) is 21.1. The fourth-order valence-corrected chi connectivity index (χ4v) is 3.28. The zero-order valence-corrected chi connectivity index (χ0v) is 17.6. The predicted octanol–water partition coefficient (Wildman–Crippen LogP) is 4.15. The summed E-state index contributed by atoms with van der Waals surface area (Å²) in [6.07, 6.45) is 0.260. The SMILES string of the molecule is C/C(CC(=O)Nc1ccc2c(c1)OCO2)=N/NC(=O)Cc1ccc(-c2ccccc2)cc1. The molecule has 0 saturated carbocycles. The number of ether oxygens (including phenoxy) is 2. The minimum absolute atomic E-state index is 0.0560. The summed E-state index contributed by atoms with van der Waals surface area (Å²) in [7, 11) is 0. The molecule has 7 heteroatoms. The molecule has 0 atom stereocenters. The van der Waals surface area contributed by atoms with Crippen molar-refractivity contribution in [2.45, 2.75) is 19.8 Å². The molecule has 0 spiro atoms. The van der Waals surface area contributed by atoms with Gasteiger partial charge in [-0.1, -0.05) is 54.6 Å². The van der Waals surface area contributed by atoms with Crippen molar-refractivity contribution >= 4 is 23.2 Å². The van der Waals surface area contributed by atoms with Crippen LogP contribution in [0.4, 0.5) is 5.69 Å². The Morgan fingerprint density at radius 3 is 2.38 bits per heavy atom. The Bertz CT molecular complexity index is 1140. The van der Waals surface area contributed by atoms with Crippen LogP contribution in [-0.2, 0) is 16.0 Å². The van der Waals surface area contributed by atoms with Gasteiger partial charge in [0.25, 0.3) is 0 Å². The van der Waals surface area contributed by atoms with Gasteiger partial charge in [0, 0.05) is 17.5 Å². The van der Waals surface area contributed by atoms with E-state index >= 15 is 0 Å². The van der Waals surface area contributed by atoms with Gasteiger partial charge in [-0.25, -0.2) is 5.43 Å². The normalized spacial score (nSPS) is 12.3. The molecule has 0 aliphatic carbocycles. The number of anilines is 1. The van der Waals surface area contributed by atoms with Gasteiger partial charge >= 0.3 is 0 Å². The second-order valence-electron chi connectivity index (χ2n) is 7.41. The highest BCUT2D eigenvalue weighted by molar-refractivity contribution is 6.05. The average Bonchev–Trinajstić information content (AvgIpc) is 3.27. The van der Waals surface area contributed by atoms with Crippen LogP contribution in [-0.4, -0.2) is 24.3 Å². The number of rotatable bonds is 7. The molecule has 0 saturated heterocycles. The number of amides is 2. The summed E-state index contributed by atoms with van der Waals surface area (Å²) in [6.45, 7) is 1.86. The Morgan fingerprint density at radius 2 is 1.59 bits per heavy atom. The maximum atomic E-state index is 12.2. The quantitative estimate of drug-likeness (QED) is 0.436. The summed E-state index contributed by atoms with van der Waals surface area (Å²) in [5.41, 5.74) is 6.72. The van der Waals surface area contributed by atoms with Gasteiger partial charge in [-0.15, -0.1) is 0 Å². The van der Waals surface area contributed by atoms with Crippen LogP contribution < -0.4 is 20.2 Å². The molecule has 2 N–H and O–H groups in total. The third-order valence-corrected chi connectivity index (χ3v) is 4.87. The lowest BCUT2D eigenvalue weighted by Gasteiger charge is -2.07. The second kappa shape index (κ2) is 9.78. The van der Waals surface area contributed by atoms with Crippen molar-refractivity contribution in [1.82, 2.24) is 5.43 Å². The van der Waals surface area contributed by atoms with Crippen LogP contribution in [0.5, 0.6) is 11.5 Å². The lowest BCUT2D eigenvalue weighted by Crippen LogP contribution is -2.22. The number of nitrogens with zero attached hydrogens (tertiary/aromatic N) is 1. The van der Waals surface area contributed by atoms with Crippen molar-refractivity contribution in [3.63, 3.8) is 0 Å². The third kappa shape index (κ3) is 5.51. The molecule has 32 heavy (non-hydrogen) atoms. The Morgan fingerprint density at radius 1 is 0.875 bits per heavy atom. The van der Waals surface area contributed by atoms with Crippen molar-refractivity contribution in [1.29, 1.82) is 0 Å². The van der Waals surface area contributed by atoms with Crippen molar-refractivity contribution < 1.29 is 19.1 Å². The molecule has 162 valence electrons. The summed E-state index contributed by atoms with van der Waals surface area (Å²) in [4.78, 5) is 24.4. The van der Waals surface area contributed by atoms with E-state index < -0.39 is 0 Å². The minimum atomic E-state index is -0.243. The standard InChI is InChI=1S/C25H23N3O4/c1-17(13-24(29)26-21-11-12-22-23(15-21)32-16-31-22)27-28-25(30)14-18-7-9-20(10-8-18)19-5-3-2-4-6-19/h2-12,15H,13-14,16H2,1H3,(H,26,29)(H,28,30)/b27-17-. The molecule has 1 aliphatic rings. The zero-order valence-electron chi connectivity index (χ0n) is 17.6. The van der Waals surface area contributed by atoms with Gasteiger partial charge < -0.3 is 14.8 Å². The molecule has 0 unspecified atom stereocenters. The molecule has 0 bridgehead atoms. The largest absolute Gasteiger partial charge is 0.454 e. The summed E-state index contributed by atoms with van der Waals surface area (Å²) in [5.74, 6) is 0.763. The molecular weight excluding hydrogens is 406 g/mol. The first-order valence-electron chi connectivity index (χ1n) is 10.2. The van der Waals surface area contributed by atoms with Crippen LogP contribution in [0.2, 0.25) is 0 Å². The van der Waals surface area contributed by atoms with Crippen LogP contribution in [0.3, 0.4) is 0 Å². The maximum Gasteiger partial charge on any atom is 0.244 e. The van der Waals surface area contributed by atoms with Crippen LogP contribution in [0.15, 0.2) is 77.9 Å². The van der Waals surface area contributed by atoms with Crippen LogP contribution in [0.1, 0.15) is 18.9 Å². The van der Waals surface area contributed by atoms with E-state index in [4.69, 9.17) is 9.47 Å². The second-order valence-corrected chi connectivity index (χ2v) is 7.41. The number of hydrogen-bond donors (Lipinski definition) is 2. The van der Waals surface area contributed by atoms with Gasteiger partial charge in [0.1, 0.15) is 0 Å². The van der Waals surface area contributed by atoms with Crippen molar-refractivity contribution in [3.05, 3.63) is 78.4 Å². The lowest BCUT2D eigenvalue weighted by atomic mass is 10.0. The van der Waals surface area contributed by atoms with E-state index in [9.17, 15) is 9.59 Å². The number of carbonyl (C=O) groups excluding carboxylic acids is 2. The highest BCUT2D eigenvalue weighted by atomic mass is 16.7. The number of hydrogen-bond acceptors (Lipinski definition) is 5. The fourth-order valence-electron chi connectivity index (χ4n) is 3.28. The molecule has 2 amide bonds. The van der Waals surface area contributed by atoms with E-state index in [1.165, 1.54) is 0 Å². The Hall–Kier alpha value is -4.13. The van der Waals surface area contributed by atoms with Gasteiger partial charge in [0.15, 0.2) is 11.5 Å². The minimum Gasteiger partial charge on any atom is -0.454 e. The monoisotopic (exact) mass is 429 g/mol. The van der Waals surface area contributed by atoms with Gasteiger partial charge in [-0.2, -0.15) is 5.10 Å². The zero-order chi connectivity index (χ0) is 22.3. The molecule has 1 aliphatic heterocycles. The molecular formula is C25H23N3O4. The van der Waals surface area contributed by atoms with Crippen molar-refractivity contribution in [2.75, 3.05) is 12.1 Å². The Labute approximate surface area is 186 Å². The van der Waals surface area contributed by atoms with Crippen molar-refractivity contribution in [3.8, 4) is 22.6 Å². The number of hydrazone groups is 1.